The second kappa shape index (κ2) is 12.3. The van der Waals surface area contributed by atoms with E-state index in [-0.39, 0.29) is 28.9 Å². The lowest BCUT2D eigenvalue weighted by Crippen LogP contribution is -2.44. The molecule has 36 heavy (non-hydrogen) atoms. The van der Waals surface area contributed by atoms with E-state index >= 15 is 0 Å². The number of carbonyl (C=O) groups is 3. The van der Waals surface area contributed by atoms with E-state index in [4.69, 9.17) is 9.47 Å². The van der Waals surface area contributed by atoms with Gasteiger partial charge < -0.3 is 20.1 Å². The van der Waals surface area contributed by atoms with Crippen LogP contribution in [0.3, 0.4) is 0 Å². The highest BCUT2D eigenvalue weighted by Gasteiger charge is 2.45. The van der Waals surface area contributed by atoms with Crippen molar-refractivity contribution in [3.05, 3.63) is 69.8 Å². The molecule has 2 atom stereocenters. The number of rotatable bonds is 9. The number of benzene rings is 2. The van der Waals surface area contributed by atoms with Gasteiger partial charge >= 0.3 is 5.97 Å². The number of allylic oxidation sites excluding steroid dienone is 1. The lowest BCUT2D eigenvalue weighted by molar-refractivity contribution is -0.152. The standard InChI is InChI=1S/C27H29N3O5S/c1-5-34-20-13-8-7-12-18(20)22-19(14-28)26(30-25(32)23(22)27(33)35-6-2)36-15-21(31)29-24-16(3)10-9-11-17(24)4/h7-13,22-23H,5-6,15H2,1-4H3,(H,29,31)(H,30,32). The molecule has 0 aliphatic carbocycles. The van der Waals surface area contributed by atoms with Gasteiger partial charge in [0, 0.05) is 17.2 Å². The van der Waals surface area contributed by atoms with Gasteiger partial charge in [-0.25, -0.2) is 0 Å². The van der Waals surface area contributed by atoms with E-state index in [9.17, 15) is 19.6 Å². The molecule has 1 aliphatic heterocycles. The SMILES string of the molecule is CCOC(=O)C1C(=O)NC(SCC(=O)Nc2c(C)cccc2C)=C(C#N)C1c1ccccc1OCC. The molecule has 3 rings (SSSR count). The molecule has 0 fully saturated rings. The molecule has 0 saturated heterocycles. The number of thioether (sulfide) groups is 1. The topological polar surface area (TPSA) is 118 Å². The van der Waals surface area contributed by atoms with Gasteiger partial charge in [0.25, 0.3) is 0 Å². The molecule has 188 valence electrons. The van der Waals surface area contributed by atoms with Crippen molar-refractivity contribution in [1.29, 1.82) is 5.26 Å². The summed E-state index contributed by atoms with van der Waals surface area (Å²) < 4.78 is 10.9. The number of para-hydroxylation sites is 2. The fourth-order valence-corrected chi connectivity index (χ4v) is 4.96. The molecule has 1 heterocycles. The molecule has 8 nitrogen and oxygen atoms in total. The van der Waals surface area contributed by atoms with E-state index < -0.39 is 23.7 Å². The predicted molar refractivity (Wildman–Crippen MR) is 138 cm³/mol. The van der Waals surface area contributed by atoms with Crippen molar-refractivity contribution in [2.75, 3.05) is 24.3 Å². The molecule has 0 saturated carbocycles. The fraction of sp³-hybridized carbons (Fsp3) is 0.333. The van der Waals surface area contributed by atoms with Crippen LogP contribution in [0.2, 0.25) is 0 Å². The monoisotopic (exact) mass is 507 g/mol. The fourth-order valence-electron chi connectivity index (χ4n) is 4.11. The van der Waals surface area contributed by atoms with E-state index in [1.54, 1.807) is 31.2 Å². The average molecular weight is 508 g/mol. The van der Waals surface area contributed by atoms with Crippen LogP contribution in [0.25, 0.3) is 0 Å². The summed E-state index contributed by atoms with van der Waals surface area (Å²) in [6.07, 6.45) is 0. The number of anilines is 1. The molecule has 2 aromatic carbocycles. The second-order valence-electron chi connectivity index (χ2n) is 8.13. The Morgan fingerprint density at radius 1 is 1.08 bits per heavy atom. The largest absolute Gasteiger partial charge is 0.494 e. The van der Waals surface area contributed by atoms with E-state index in [1.165, 1.54) is 0 Å². The lowest BCUT2D eigenvalue weighted by atomic mass is 9.78. The first-order valence-corrected chi connectivity index (χ1v) is 12.6. The summed E-state index contributed by atoms with van der Waals surface area (Å²) in [5.74, 6) is -3.37. The first-order valence-electron chi connectivity index (χ1n) is 11.6. The minimum Gasteiger partial charge on any atom is -0.494 e. The van der Waals surface area contributed by atoms with E-state index in [1.807, 2.05) is 39.0 Å². The van der Waals surface area contributed by atoms with Crippen molar-refractivity contribution in [3.8, 4) is 11.8 Å². The molecule has 9 heteroatoms. The van der Waals surface area contributed by atoms with Gasteiger partial charge in [-0.3, -0.25) is 14.4 Å². The molecule has 2 unspecified atom stereocenters. The summed E-state index contributed by atoms with van der Waals surface area (Å²) in [4.78, 5) is 38.7. The molecule has 0 spiro atoms. The number of carbonyl (C=O) groups excluding carboxylic acids is 3. The Morgan fingerprint density at radius 3 is 2.42 bits per heavy atom. The molecule has 2 amide bonds. The van der Waals surface area contributed by atoms with Crippen LogP contribution in [0.1, 0.15) is 36.5 Å². The van der Waals surface area contributed by atoms with Gasteiger partial charge in [0.2, 0.25) is 11.8 Å². The number of aryl methyl sites for hydroxylation is 2. The average Bonchev–Trinajstić information content (AvgIpc) is 2.85. The highest BCUT2D eigenvalue weighted by molar-refractivity contribution is 8.03. The first-order chi connectivity index (χ1) is 17.3. The Morgan fingerprint density at radius 2 is 1.78 bits per heavy atom. The van der Waals surface area contributed by atoms with Crippen LogP contribution in [0.15, 0.2) is 53.1 Å². The maximum Gasteiger partial charge on any atom is 0.319 e. The summed E-state index contributed by atoms with van der Waals surface area (Å²) in [5.41, 5.74) is 3.30. The number of nitriles is 1. The van der Waals surface area contributed by atoms with Crippen LogP contribution in [0.5, 0.6) is 5.75 Å². The molecule has 1 aliphatic rings. The zero-order valence-electron chi connectivity index (χ0n) is 20.7. The number of hydrogen-bond donors (Lipinski definition) is 2. The molecular weight excluding hydrogens is 478 g/mol. The van der Waals surface area contributed by atoms with Crippen LogP contribution in [0, 0.1) is 31.1 Å². The quantitative estimate of drug-likeness (QED) is 0.386. The van der Waals surface area contributed by atoms with Gasteiger partial charge in [-0.15, -0.1) is 0 Å². The van der Waals surface area contributed by atoms with E-state index in [0.717, 1.165) is 28.6 Å². The summed E-state index contributed by atoms with van der Waals surface area (Å²) >= 11 is 1.04. The lowest BCUT2D eigenvalue weighted by Gasteiger charge is -2.32. The minimum absolute atomic E-state index is 0.0432. The molecular formula is C27H29N3O5S. The molecule has 2 aromatic rings. The third-order valence-electron chi connectivity index (χ3n) is 5.72. The van der Waals surface area contributed by atoms with Crippen molar-refractivity contribution >= 4 is 35.2 Å². The molecule has 0 radical (unpaired) electrons. The number of nitrogens with one attached hydrogen (secondary N) is 2. The Hall–Kier alpha value is -3.77. The third-order valence-corrected chi connectivity index (χ3v) is 6.73. The number of esters is 1. The Balaban J connectivity index is 1.97. The van der Waals surface area contributed by atoms with Gasteiger partial charge in [-0.1, -0.05) is 48.2 Å². The zero-order chi connectivity index (χ0) is 26.2. The van der Waals surface area contributed by atoms with E-state index in [0.29, 0.717) is 17.9 Å². The van der Waals surface area contributed by atoms with E-state index in [2.05, 4.69) is 16.7 Å². The maximum atomic E-state index is 13.2. The maximum absolute atomic E-state index is 13.2. The van der Waals surface area contributed by atoms with Crippen molar-refractivity contribution in [3.63, 3.8) is 0 Å². The van der Waals surface area contributed by atoms with Crippen molar-refractivity contribution in [2.24, 2.45) is 5.92 Å². The minimum atomic E-state index is -1.27. The van der Waals surface area contributed by atoms with Gasteiger partial charge in [-0.2, -0.15) is 5.26 Å². The first kappa shape index (κ1) is 26.8. The van der Waals surface area contributed by atoms with Crippen LogP contribution in [-0.4, -0.2) is 36.8 Å². The van der Waals surface area contributed by atoms with Crippen LogP contribution in [-0.2, 0) is 19.1 Å². The Labute approximate surface area is 215 Å². The van der Waals surface area contributed by atoms with Crippen molar-refractivity contribution in [2.45, 2.75) is 33.6 Å². The second-order valence-corrected chi connectivity index (χ2v) is 9.11. The molecule has 0 aromatic heterocycles. The number of nitrogens with zero attached hydrogens (tertiary/aromatic N) is 1. The van der Waals surface area contributed by atoms with Crippen LogP contribution < -0.4 is 15.4 Å². The summed E-state index contributed by atoms with van der Waals surface area (Å²) in [6, 6.07) is 14.9. The highest BCUT2D eigenvalue weighted by Crippen LogP contribution is 2.43. The number of hydrogen-bond acceptors (Lipinski definition) is 7. The van der Waals surface area contributed by atoms with Crippen LogP contribution in [0.4, 0.5) is 5.69 Å². The normalized spacial score (nSPS) is 17.1. The van der Waals surface area contributed by atoms with Gasteiger partial charge in [0.05, 0.1) is 35.6 Å². The van der Waals surface area contributed by atoms with Crippen molar-refractivity contribution < 1.29 is 23.9 Å². The Bertz CT molecular complexity index is 1210. The van der Waals surface area contributed by atoms with Crippen LogP contribution >= 0.6 is 11.8 Å². The van der Waals surface area contributed by atoms with Gasteiger partial charge in [0.1, 0.15) is 11.7 Å². The summed E-state index contributed by atoms with van der Waals surface area (Å²) in [7, 11) is 0. The van der Waals surface area contributed by atoms with Gasteiger partial charge in [0.15, 0.2) is 0 Å². The number of amides is 2. The zero-order valence-corrected chi connectivity index (χ0v) is 21.5. The molecule has 2 N–H and O–H groups in total. The number of ether oxygens (including phenoxy) is 2. The summed E-state index contributed by atoms with van der Waals surface area (Å²) in [6.45, 7) is 7.75. The van der Waals surface area contributed by atoms with Crippen molar-refractivity contribution in [1.82, 2.24) is 5.32 Å². The summed E-state index contributed by atoms with van der Waals surface area (Å²) in [5, 5.41) is 15.9. The Kier molecular flexibility index (Phi) is 9.14. The third kappa shape index (κ3) is 5.89. The van der Waals surface area contributed by atoms with Gasteiger partial charge in [-0.05, 0) is 44.9 Å². The highest BCUT2D eigenvalue weighted by atomic mass is 32.2. The molecule has 0 bridgehead atoms. The smallest absolute Gasteiger partial charge is 0.319 e. The predicted octanol–water partition coefficient (Wildman–Crippen LogP) is 4.20.